The molecule has 0 saturated carbocycles. The smallest absolute Gasteiger partial charge is 0.138 e. The van der Waals surface area contributed by atoms with Crippen LogP contribution in [0.4, 0.5) is 0 Å². The Hall–Kier alpha value is -0.880. The molecule has 0 aromatic carbocycles. The quantitative estimate of drug-likeness (QED) is 0.730. The molecule has 0 aliphatic heterocycles. The molecule has 6 heteroatoms. The van der Waals surface area contributed by atoms with Gasteiger partial charge in [-0.2, -0.15) is 5.10 Å². The van der Waals surface area contributed by atoms with E-state index in [9.17, 15) is 0 Å². The Morgan fingerprint density at radius 2 is 2.16 bits per heavy atom. The van der Waals surface area contributed by atoms with Crippen LogP contribution in [0, 0.1) is 6.92 Å². The number of nitrogens with zero attached hydrogens (tertiary/aromatic N) is 3. The Labute approximate surface area is 129 Å². The first-order valence-electron chi connectivity index (χ1n) is 6.01. The Morgan fingerprint density at radius 3 is 2.74 bits per heavy atom. The zero-order valence-electron chi connectivity index (χ0n) is 10.9. The molecular formula is C13H15Br2N3O. The molecule has 2 rings (SSSR count). The highest BCUT2D eigenvalue weighted by Crippen LogP contribution is 2.22. The van der Waals surface area contributed by atoms with Crippen LogP contribution in [0.2, 0.25) is 0 Å². The van der Waals surface area contributed by atoms with Crippen molar-refractivity contribution >= 4 is 31.9 Å². The number of alkyl halides is 1. The van der Waals surface area contributed by atoms with Gasteiger partial charge in [0.25, 0.3) is 0 Å². The number of pyridine rings is 1. The number of aromatic nitrogens is 3. The van der Waals surface area contributed by atoms with Crippen LogP contribution in [-0.2, 0) is 18.5 Å². The van der Waals surface area contributed by atoms with Gasteiger partial charge in [-0.05, 0) is 41.9 Å². The van der Waals surface area contributed by atoms with Gasteiger partial charge in [-0.15, -0.1) is 0 Å². The molecule has 0 aliphatic carbocycles. The van der Waals surface area contributed by atoms with Crippen molar-refractivity contribution in [2.24, 2.45) is 0 Å². The SMILES string of the molecule is CCn1nc(C)c(Br)c1COc1ccc(CBr)nc1. The van der Waals surface area contributed by atoms with Crippen LogP contribution in [-0.4, -0.2) is 14.8 Å². The lowest BCUT2D eigenvalue weighted by Gasteiger charge is -2.08. The second kappa shape index (κ2) is 6.52. The van der Waals surface area contributed by atoms with Gasteiger partial charge in [0.05, 0.1) is 27.8 Å². The number of hydrogen-bond donors (Lipinski definition) is 0. The molecule has 0 fully saturated rings. The lowest BCUT2D eigenvalue weighted by Crippen LogP contribution is -2.06. The number of rotatable bonds is 5. The minimum absolute atomic E-state index is 0.477. The van der Waals surface area contributed by atoms with Crippen LogP contribution in [0.5, 0.6) is 5.75 Å². The van der Waals surface area contributed by atoms with Crippen molar-refractivity contribution < 1.29 is 4.74 Å². The predicted molar refractivity (Wildman–Crippen MR) is 81.5 cm³/mol. The molecule has 0 spiro atoms. The third kappa shape index (κ3) is 3.36. The normalized spacial score (nSPS) is 10.7. The largest absolute Gasteiger partial charge is 0.486 e. The molecule has 0 radical (unpaired) electrons. The first-order chi connectivity index (χ1) is 9.15. The van der Waals surface area contributed by atoms with E-state index >= 15 is 0 Å². The molecule has 2 aromatic rings. The number of ether oxygens (including phenoxy) is 1. The van der Waals surface area contributed by atoms with E-state index in [1.165, 1.54) is 0 Å². The van der Waals surface area contributed by atoms with E-state index in [1.54, 1.807) is 6.20 Å². The van der Waals surface area contributed by atoms with Gasteiger partial charge in [0, 0.05) is 11.9 Å². The molecule has 4 nitrogen and oxygen atoms in total. The zero-order chi connectivity index (χ0) is 13.8. The monoisotopic (exact) mass is 387 g/mol. The molecule has 0 aliphatic rings. The molecule has 0 atom stereocenters. The van der Waals surface area contributed by atoms with Gasteiger partial charge >= 0.3 is 0 Å². The molecule has 0 unspecified atom stereocenters. The van der Waals surface area contributed by atoms with E-state index in [0.29, 0.717) is 6.61 Å². The molecule has 0 saturated heterocycles. The highest BCUT2D eigenvalue weighted by molar-refractivity contribution is 9.10. The number of hydrogen-bond acceptors (Lipinski definition) is 3. The average Bonchev–Trinajstić information content (AvgIpc) is 2.72. The van der Waals surface area contributed by atoms with Crippen LogP contribution in [0.15, 0.2) is 22.8 Å². The van der Waals surface area contributed by atoms with Crippen LogP contribution in [0.1, 0.15) is 24.0 Å². The molecule has 19 heavy (non-hydrogen) atoms. The van der Waals surface area contributed by atoms with Gasteiger partial charge < -0.3 is 4.74 Å². The molecule has 0 N–H and O–H groups in total. The third-order valence-corrected chi connectivity index (χ3v) is 4.37. The summed E-state index contributed by atoms with van der Waals surface area (Å²) >= 11 is 6.92. The first kappa shape index (κ1) is 14.5. The maximum absolute atomic E-state index is 5.76. The molecule has 2 heterocycles. The van der Waals surface area contributed by atoms with Crippen molar-refractivity contribution in [2.75, 3.05) is 0 Å². The summed E-state index contributed by atoms with van der Waals surface area (Å²) in [5, 5.41) is 5.19. The fourth-order valence-corrected chi connectivity index (χ4v) is 2.46. The van der Waals surface area contributed by atoms with E-state index in [4.69, 9.17) is 4.74 Å². The van der Waals surface area contributed by atoms with Crippen LogP contribution in [0.3, 0.4) is 0 Å². The molecule has 0 bridgehead atoms. The summed E-state index contributed by atoms with van der Waals surface area (Å²) in [5.74, 6) is 0.762. The maximum atomic E-state index is 5.76. The van der Waals surface area contributed by atoms with Gasteiger partial charge in [-0.3, -0.25) is 9.67 Å². The fraction of sp³-hybridized carbons (Fsp3) is 0.385. The predicted octanol–water partition coefficient (Wildman–Crippen LogP) is 3.84. The summed E-state index contributed by atoms with van der Waals surface area (Å²) < 4.78 is 8.72. The average molecular weight is 389 g/mol. The van der Waals surface area contributed by atoms with E-state index < -0.39 is 0 Å². The standard InChI is InChI=1S/C13H15Br2N3O/c1-3-18-12(13(15)9(2)17-18)8-19-11-5-4-10(6-14)16-7-11/h4-5,7H,3,6,8H2,1-2H3. The highest BCUT2D eigenvalue weighted by atomic mass is 79.9. The number of halogens is 2. The summed E-state index contributed by atoms with van der Waals surface area (Å²) in [6, 6.07) is 3.87. The Bertz CT molecular complexity index is 552. The summed E-state index contributed by atoms with van der Waals surface area (Å²) in [7, 11) is 0. The van der Waals surface area contributed by atoms with Crippen molar-refractivity contribution in [3.8, 4) is 5.75 Å². The Kier molecular flexibility index (Phi) is 4.99. The van der Waals surface area contributed by atoms with E-state index in [-0.39, 0.29) is 0 Å². The summed E-state index contributed by atoms with van der Waals surface area (Å²) in [6.07, 6.45) is 1.74. The molecule has 0 amide bonds. The van der Waals surface area contributed by atoms with Gasteiger partial charge in [-0.25, -0.2) is 0 Å². The van der Waals surface area contributed by atoms with E-state index in [1.807, 2.05) is 23.7 Å². The van der Waals surface area contributed by atoms with E-state index in [2.05, 4.69) is 48.9 Å². The molecule has 102 valence electrons. The maximum Gasteiger partial charge on any atom is 0.138 e. The van der Waals surface area contributed by atoms with Gasteiger partial charge in [0.2, 0.25) is 0 Å². The second-order valence-electron chi connectivity index (χ2n) is 4.07. The second-order valence-corrected chi connectivity index (χ2v) is 5.42. The Balaban J connectivity index is 2.09. The van der Waals surface area contributed by atoms with Crippen molar-refractivity contribution in [3.05, 3.63) is 39.9 Å². The minimum atomic E-state index is 0.477. The zero-order valence-corrected chi connectivity index (χ0v) is 14.0. The van der Waals surface area contributed by atoms with Gasteiger partial charge in [0.1, 0.15) is 12.4 Å². The highest BCUT2D eigenvalue weighted by Gasteiger charge is 2.12. The summed E-state index contributed by atoms with van der Waals surface area (Å²) in [4.78, 5) is 4.27. The number of aryl methyl sites for hydroxylation is 2. The lowest BCUT2D eigenvalue weighted by atomic mass is 10.3. The van der Waals surface area contributed by atoms with Crippen molar-refractivity contribution in [1.29, 1.82) is 0 Å². The summed E-state index contributed by atoms with van der Waals surface area (Å²) in [5.41, 5.74) is 3.01. The Morgan fingerprint density at radius 1 is 1.37 bits per heavy atom. The minimum Gasteiger partial charge on any atom is -0.486 e. The molecule has 2 aromatic heterocycles. The first-order valence-corrected chi connectivity index (χ1v) is 7.92. The fourth-order valence-electron chi connectivity index (χ4n) is 1.73. The van der Waals surface area contributed by atoms with Gasteiger partial charge in [-0.1, -0.05) is 15.9 Å². The van der Waals surface area contributed by atoms with Crippen molar-refractivity contribution in [3.63, 3.8) is 0 Å². The lowest BCUT2D eigenvalue weighted by molar-refractivity contribution is 0.290. The van der Waals surface area contributed by atoms with Crippen LogP contribution >= 0.6 is 31.9 Å². The van der Waals surface area contributed by atoms with Crippen molar-refractivity contribution in [2.45, 2.75) is 32.3 Å². The van der Waals surface area contributed by atoms with Gasteiger partial charge in [0.15, 0.2) is 0 Å². The molecular weight excluding hydrogens is 374 g/mol. The van der Waals surface area contributed by atoms with E-state index in [0.717, 1.165) is 39.2 Å². The van der Waals surface area contributed by atoms with Crippen LogP contribution < -0.4 is 4.74 Å². The van der Waals surface area contributed by atoms with Crippen LogP contribution in [0.25, 0.3) is 0 Å². The van der Waals surface area contributed by atoms with Crippen molar-refractivity contribution in [1.82, 2.24) is 14.8 Å². The third-order valence-electron chi connectivity index (χ3n) is 2.76. The summed E-state index contributed by atoms with van der Waals surface area (Å²) in [6.45, 7) is 5.34. The topological polar surface area (TPSA) is 39.9 Å².